The minimum Gasteiger partial charge on any atom is -0.359 e. The fraction of sp³-hybridized carbons (Fsp3) is 0.700. The lowest BCUT2D eigenvalue weighted by Crippen LogP contribution is -2.17. The fourth-order valence-corrected chi connectivity index (χ4v) is 2.09. The topological polar surface area (TPSA) is 24.9 Å². The number of anilines is 1. The van der Waals surface area contributed by atoms with E-state index in [4.69, 9.17) is 0 Å². The van der Waals surface area contributed by atoms with E-state index in [1.807, 2.05) is 6.92 Å². The van der Waals surface area contributed by atoms with E-state index in [0.29, 0.717) is 6.04 Å². The smallest absolute Gasteiger partial charge is 0.183 e. The Kier molecular flexibility index (Phi) is 4.22. The van der Waals surface area contributed by atoms with E-state index in [0.717, 1.165) is 10.8 Å². The number of nitrogens with zero attached hydrogens (tertiary/aromatic N) is 1. The molecule has 0 fully saturated rings. The number of nitrogens with one attached hydrogen (secondary N) is 1. The molecule has 1 heterocycles. The van der Waals surface area contributed by atoms with Gasteiger partial charge in [-0.3, -0.25) is 0 Å². The van der Waals surface area contributed by atoms with Crippen LogP contribution in [0.3, 0.4) is 0 Å². The maximum absolute atomic E-state index is 4.39. The van der Waals surface area contributed by atoms with E-state index in [1.54, 1.807) is 11.3 Å². The van der Waals surface area contributed by atoms with Crippen LogP contribution in [0, 0.1) is 6.92 Å². The monoisotopic (exact) mass is 198 g/mol. The van der Waals surface area contributed by atoms with Gasteiger partial charge in [0.1, 0.15) is 0 Å². The zero-order chi connectivity index (χ0) is 9.68. The summed E-state index contributed by atoms with van der Waals surface area (Å²) >= 11 is 1.70. The van der Waals surface area contributed by atoms with E-state index >= 15 is 0 Å². The highest BCUT2D eigenvalue weighted by Gasteiger charge is 2.06. The first kappa shape index (κ1) is 10.5. The SMILES string of the molecule is CCCC(CC)Nc1nc(C)cs1. The van der Waals surface area contributed by atoms with E-state index in [2.05, 4.69) is 29.5 Å². The van der Waals surface area contributed by atoms with Crippen LogP contribution in [-0.2, 0) is 0 Å². The molecule has 0 aliphatic rings. The van der Waals surface area contributed by atoms with Gasteiger partial charge in [-0.15, -0.1) is 11.3 Å². The summed E-state index contributed by atoms with van der Waals surface area (Å²) < 4.78 is 0. The molecule has 74 valence electrons. The van der Waals surface area contributed by atoms with Gasteiger partial charge in [-0.25, -0.2) is 4.98 Å². The largest absolute Gasteiger partial charge is 0.359 e. The van der Waals surface area contributed by atoms with Crippen molar-refractivity contribution in [2.24, 2.45) is 0 Å². The number of hydrogen-bond donors (Lipinski definition) is 1. The molecule has 1 atom stereocenters. The van der Waals surface area contributed by atoms with Crippen LogP contribution in [0.1, 0.15) is 38.8 Å². The molecule has 1 unspecified atom stereocenters. The van der Waals surface area contributed by atoms with Gasteiger partial charge >= 0.3 is 0 Å². The third-order valence-electron chi connectivity index (χ3n) is 2.08. The average Bonchev–Trinajstić information content (AvgIpc) is 2.50. The number of rotatable bonds is 5. The predicted octanol–water partition coefficient (Wildman–Crippen LogP) is 3.44. The van der Waals surface area contributed by atoms with Crippen molar-refractivity contribution < 1.29 is 0 Å². The molecule has 13 heavy (non-hydrogen) atoms. The Hall–Kier alpha value is -0.570. The first-order chi connectivity index (χ1) is 6.26. The summed E-state index contributed by atoms with van der Waals surface area (Å²) in [7, 11) is 0. The Morgan fingerprint density at radius 2 is 2.31 bits per heavy atom. The van der Waals surface area contributed by atoms with Gasteiger partial charge in [0, 0.05) is 11.4 Å². The zero-order valence-corrected chi connectivity index (χ0v) is 9.45. The van der Waals surface area contributed by atoms with Gasteiger partial charge in [-0.1, -0.05) is 20.3 Å². The van der Waals surface area contributed by atoms with Crippen molar-refractivity contribution in [1.29, 1.82) is 0 Å². The lowest BCUT2D eigenvalue weighted by atomic mass is 10.1. The molecule has 1 rings (SSSR count). The van der Waals surface area contributed by atoms with E-state index < -0.39 is 0 Å². The lowest BCUT2D eigenvalue weighted by molar-refractivity contribution is 0.622. The highest BCUT2D eigenvalue weighted by atomic mass is 32.1. The van der Waals surface area contributed by atoms with Gasteiger partial charge in [-0.2, -0.15) is 0 Å². The number of aryl methyl sites for hydroxylation is 1. The summed E-state index contributed by atoms with van der Waals surface area (Å²) in [4.78, 5) is 4.39. The number of thiazole rings is 1. The summed E-state index contributed by atoms with van der Waals surface area (Å²) in [6, 6.07) is 0.593. The summed E-state index contributed by atoms with van der Waals surface area (Å²) in [5.41, 5.74) is 1.11. The normalized spacial score (nSPS) is 12.8. The summed E-state index contributed by atoms with van der Waals surface area (Å²) in [6.07, 6.45) is 3.64. The molecule has 0 aromatic carbocycles. The van der Waals surface area contributed by atoms with Crippen LogP contribution in [0.4, 0.5) is 5.13 Å². The summed E-state index contributed by atoms with van der Waals surface area (Å²) in [5, 5.41) is 6.61. The van der Waals surface area contributed by atoms with Crippen LogP contribution >= 0.6 is 11.3 Å². The van der Waals surface area contributed by atoms with Gasteiger partial charge < -0.3 is 5.32 Å². The van der Waals surface area contributed by atoms with Crippen LogP contribution in [0.25, 0.3) is 0 Å². The van der Waals surface area contributed by atoms with Crippen LogP contribution < -0.4 is 5.32 Å². The maximum atomic E-state index is 4.39. The second-order valence-electron chi connectivity index (χ2n) is 3.33. The number of hydrogen-bond acceptors (Lipinski definition) is 3. The van der Waals surface area contributed by atoms with E-state index in [9.17, 15) is 0 Å². The molecule has 0 spiro atoms. The molecule has 0 bridgehead atoms. The minimum absolute atomic E-state index is 0.593. The highest BCUT2D eigenvalue weighted by molar-refractivity contribution is 7.13. The number of aromatic nitrogens is 1. The van der Waals surface area contributed by atoms with Crippen molar-refractivity contribution in [3.63, 3.8) is 0 Å². The zero-order valence-electron chi connectivity index (χ0n) is 8.63. The molecule has 0 amide bonds. The Morgan fingerprint density at radius 1 is 1.54 bits per heavy atom. The molecule has 0 saturated carbocycles. The van der Waals surface area contributed by atoms with Crippen LogP contribution in [0.2, 0.25) is 0 Å². The lowest BCUT2D eigenvalue weighted by Gasteiger charge is -2.14. The second kappa shape index (κ2) is 5.22. The molecular weight excluding hydrogens is 180 g/mol. The standard InChI is InChI=1S/C10H18N2S/c1-4-6-9(5-2)12-10-11-8(3)7-13-10/h7,9H,4-6H2,1-3H3,(H,11,12). The van der Waals surface area contributed by atoms with E-state index in [1.165, 1.54) is 19.3 Å². The first-order valence-electron chi connectivity index (χ1n) is 4.95. The van der Waals surface area contributed by atoms with Crippen molar-refractivity contribution in [2.45, 2.75) is 46.1 Å². The average molecular weight is 198 g/mol. The Labute approximate surface area is 84.4 Å². The fourth-order valence-electron chi connectivity index (χ4n) is 1.32. The van der Waals surface area contributed by atoms with Crippen molar-refractivity contribution in [1.82, 2.24) is 4.98 Å². The first-order valence-corrected chi connectivity index (χ1v) is 5.82. The Morgan fingerprint density at radius 3 is 2.77 bits per heavy atom. The minimum atomic E-state index is 0.593. The molecular formula is C10H18N2S. The predicted molar refractivity (Wildman–Crippen MR) is 59.5 cm³/mol. The molecule has 2 nitrogen and oxygen atoms in total. The molecule has 0 saturated heterocycles. The van der Waals surface area contributed by atoms with Gasteiger partial charge in [0.15, 0.2) is 5.13 Å². The highest BCUT2D eigenvalue weighted by Crippen LogP contribution is 2.17. The Balaban J connectivity index is 2.46. The molecule has 0 aliphatic heterocycles. The van der Waals surface area contributed by atoms with Gasteiger partial charge in [0.05, 0.1) is 5.69 Å². The molecule has 0 radical (unpaired) electrons. The van der Waals surface area contributed by atoms with Crippen molar-refractivity contribution in [3.05, 3.63) is 11.1 Å². The van der Waals surface area contributed by atoms with Gasteiger partial charge in [0.2, 0.25) is 0 Å². The molecule has 1 aromatic rings. The van der Waals surface area contributed by atoms with Crippen molar-refractivity contribution >= 4 is 16.5 Å². The van der Waals surface area contributed by atoms with Gasteiger partial charge in [0.25, 0.3) is 0 Å². The maximum Gasteiger partial charge on any atom is 0.183 e. The third kappa shape index (κ3) is 3.35. The third-order valence-corrected chi connectivity index (χ3v) is 2.97. The molecule has 0 aliphatic carbocycles. The molecule has 1 aromatic heterocycles. The van der Waals surface area contributed by atoms with Crippen LogP contribution in [-0.4, -0.2) is 11.0 Å². The molecule has 3 heteroatoms. The summed E-state index contributed by atoms with van der Waals surface area (Å²) in [6.45, 7) is 6.47. The second-order valence-corrected chi connectivity index (χ2v) is 4.19. The van der Waals surface area contributed by atoms with Crippen LogP contribution in [0.15, 0.2) is 5.38 Å². The Bertz CT molecular complexity index is 245. The van der Waals surface area contributed by atoms with Crippen molar-refractivity contribution in [3.8, 4) is 0 Å². The summed E-state index contributed by atoms with van der Waals surface area (Å²) in [5.74, 6) is 0. The van der Waals surface area contributed by atoms with Crippen LogP contribution in [0.5, 0.6) is 0 Å². The van der Waals surface area contributed by atoms with E-state index in [-0.39, 0.29) is 0 Å². The molecule has 1 N–H and O–H groups in total. The quantitative estimate of drug-likeness (QED) is 0.784. The van der Waals surface area contributed by atoms with Crippen molar-refractivity contribution in [2.75, 3.05) is 5.32 Å². The van der Waals surface area contributed by atoms with Gasteiger partial charge in [-0.05, 0) is 19.8 Å².